The van der Waals surface area contributed by atoms with Gasteiger partial charge in [-0.05, 0) is 36.8 Å². The first-order valence-corrected chi connectivity index (χ1v) is 7.40. The summed E-state index contributed by atoms with van der Waals surface area (Å²) in [4.78, 5) is 14.4. The van der Waals surface area contributed by atoms with Gasteiger partial charge in [0.15, 0.2) is 0 Å². The van der Waals surface area contributed by atoms with E-state index in [0.717, 1.165) is 25.7 Å². The number of benzene rings is 1. The Hall–Kier alpha value is -1.39. The van der Waals surface area contributed by atoms with Crippen molar-refractivity contribution in [3.8, 4) is 0 Å². The van der Waals surface area contributed by atoms with E-state index >= 15 is 0 Å². The SMILES string of the molecule is CN(C(=O)[C@@H]1CC[C@H](CN)O1)C1CCc2ccccc21. The van der Waals surface area contributed by atoms with E-state index in [1.54, 1.807) is 0 Å². The standard InChI is InChI=1S/C16H22N2O2/c1-18(16(19)15-9-7-12(10-17)20-15)14-8-6-11-4-2-3-5-13(11)14/h2-5,12,14-15H,6-10,17H2,1H3/t12-,14?,15+/m1/s1. The molecule has 1 aromatic rings. The summed E-state index contributed by atoms with van der Waals surface area (Å²) in [6.07, 6.45) is 3.49. The maximum atomic E-state index is 12.6. The molecule has 1 unspecified atom stereocenters. The van der Waals surface area contributed by atoms with E-state index < -0.39 is 0 Å². The average Bonchev–Trinajstić information content (AvgIpc) is 3.12. The number of hydrogen-bond donors (Lipinski definition) is 1. The molecule has 4 heteroatoms. The third-order valence-corrected chi connectivity index (χ3v) is 4.56. The van der Waals surface area contributed by atoms with Crippen molar-refractivity contribution >= 4 is 5.91 Å². The Morgan fingerprint density at radius 1 is 1.35 bits per heavy atom. The van der Waals surface area contributed by atoms with Crippen molar-refractivity contribution in [2.45, 2.75) is 43.9 Å². The van der Waals surface area contributed by atoms with Crippen LogP contribution in [0.2, 0.25) is 0 Å². The number of nitrogens with two attached hydrogens (primary N) is 1. The molecule has 1 heterocycles. The van der Waals surface area contributed by atoms with Crippen molar-refractivity contribution in [3.63, 3.8) is 0 Å². The van der Waals surface area contributed by atoms with Crippen LogP contribution in [0.25, 0.3) is 0 Å². The molecule has 4 nitrogen and oxygen atoms in total. The molecule has 2 N–H and O–H groups in total. The molecule has 0 radical (unpaired) electrons. The third kappa shape index (κ3) is 2.34. The molecule has 1 fully saturated rings. The second-order valence-corrected chi connectivity index (χ2v) is 5.76. The molecule has 108 valence electrons. The van der Waals surface area contributed by atoms with Crippen LogP contribution in [0.5, 0.6) is 0 Å². The van der Waals surface area contributed by atoms with E-state index in [2.05, 4.69) is 18.2 Å². The van der Waals surface area contributed by atoms with Gasteiger partial charge in [-0.3, -0.25) is 4.79 Å². The van der Waals surface area contributed by atoms with Crippen molar-refractivity contribution in [2.75, 3.05) is 13.6 Å². The molecule has 20 heavy (non-hydrogen) atoms. The van der Waals surface area contributed by atoms with Gasteiger partial charge in [-0.2, -0.15) is 0 Å². The van der Waals surface area contributed by atoms with Gasteiger partial charge < -0.3 is 15.4 Å². The molecule has 1 amide bonds. The number of carbonyl (C=O) groups is 1. The molecule has 1 aromatic carbocycles. The molecule has 1 aliphatic carbocycles. The number of nitrogens with zero attached hydrogens (tertiary/aromatic N) is 1. The fourth-order valence-corrected chi connectivity index (χ4v) is 3.38. The first kappa shape index (κ1) is 13.6. The molecule has 1 saturated heterocycles. The predicted molar refractivity (Wildman–Crippen MR) is 77.2 cm³/mol. The highest BCUT2D eigenvalue weighted by Crippen LogP contribution is 2.35. The Bertz CT molecular complexity index is 503. The van der Waals surface area contributed by atoms with Gasteiger partial charge in [0.25, 0.3) is 5.91 Å². The van der Waals surface area contributed by atoms with Crippen LogP contribution in [0, 0.1) is 0 Å². The molecule has 0 aromatic heterocycles. The quantitative estimate of drug-likeness (QED) is 0.911. The van der Waals surface area contributed by atoms with E-state index in [9.17, 15) is 4.79 Å². The van der Waals surface area contributed by atoms with E-state index in [-0.39, 0.29) is 24.2 Å². The zero-order valence-corrected chi connectivity index (χ0v) is 11.9. The summed E-state index contributed by atoms with van der Waals surface area (Å²) in [6, 6.07) is 8.60. The molecule has 0 saturated carbocycles. The van der Waals surface area contributed by atoms with Crippen molar-refractivity contribution in [3.05, 3.63) is 35.4 Å². The Morgan fingerprint density at radius 2 is 2.15 bits per heavy atom. The summed E-state index contributed by atoms with van der Waals surface area (Å²) in [5, 5.41) is 0. The van der Waals surface area contributed by atoms with Crippen molar-refractivity contribution in [1.29, 1.82) is 0 Å². The van der Waals surface area contributed by atoms with Crippen LogP contribution in [-0.4, -0.2) is 36.6 Å². The summed E-state index contributed by atoms with van der Waals surface area (Å²) in [5.41, 5.74) is 8.26. The first-order chi connectivity index (χ1) is 9.70. The Kier molecular flexibility index (Phi) is 3.76. The van der Waals surface area contributed by atoms with Crippen LogP contribution in [0.1, 0.15) is 36.4 Å². The van der Waals surface area contributed by atoms with Crippen molar-refractivity contribution in [1.82, 2.24) is 4.90 Å². The number of hydrogen-bond acceptors (Lipinski definition) is 3. The van der Waals surface area contributed by atoms with Gasteiger partial charge in [0.2, 0.25) is 0 Å². The number of likely N-dealkylation sites (N-methyl/N-ethyl adjacent to an activating group) is 1. The summed E-state index contributed by atoms with van der Waals surface area (Å²) in [7, 11) is 1.90. The number of carbonyl (C=O) groups excluding carboxylic acids is 1. The Labute approximate surface area is 119 Å². The largest absolute Gasteiger partial charge is 0.364 e. The van der Waals surface area contributed by atoms with Gasteiger partial charge in [-0.25, -0.2) is 0 Å². The number of amides is 1. The van der Waals surface area contributed by atoms with Crippen LogP contribution in [-0.2, 0) is 16.0 Å². The van der Waals surface area contributed by atoms with Gasteiger partial charge in [-0.1, -0.05) is 24.3 Å². The summed E-state index contributed by atoms with van der Waals surface area (Å²) >= 11 is 0. The van der Waals surface area contributed by atoms with Crippen LogP contribution in [0.4, 0.5) is 0 Å². The Morgan fingerprint density at radius 3 is 2.90 bits per heavy atom. The second kappa shape index (κ2) is 5.54. The van der Waals surface area contributed by atoms with E-state index in [4.69, 9.17) is 10.5 Å². The topological polar surface area (TPSA) is 55.6 Å². The zero-order valence-electron chi connectivity index (χ0n) is 11.9. The maximum absolute atomic E-state index is 12.6. The zero-order chi connectivity index (χ0) is 14.1. The normalized spacial score (nSPS) is 28.4. The molecule has 3 rings (SSSR count). The van der Waals surface area contributed by atoms with E-state index in [0.29, 0.717) is 6.54 Å². The lowest BCUT2D eigenvalue weighted by molar-refractivity contribution is -0.143. The minimum absolute atomic E-state index is 0.0493. The molecule has 0 spiro atoms. The smallest absolute Gasteiger partial charge is 0.251 e. The lowest BCUT2D eigenvalue weighted by Crippen LogP contribution is -2.38. The van der Waals surface area contributed by atoms with Crippen LogP contribution >= 0.6 is 0 Å². The van der Waals surface area contributed by atoms with Gasteiger partial charge in [-0.15, -0.1) is 0 Å². The number of ether oxygens (including phenoxy) is 1. The summed E-state index contributed by atoms with van der Waals surface area (Å²) in [5.74, 6) is 0.0997. The minimum Gasteiger partial charge on any atom is -0.364 e. The molecule has 3 atom stereocenters. The predicted octanol–water partition coefficient (Wildman–Crippen LogP) is 1.64. The third-order valence-electron chi connectivity index (χ3n) is 4.56. The maximum Gasteiger partial charge on any atom is 0.251 e. The van der Waals surface area contributed by atoms with Gasteiger partial charge in [0, 0.05) is 13.6 Å². The molecule has 0 bridgehead atoms. The molecule has 1 aliphatic heterocycles. The summed E-state index contributed by atoms with van der Waals surface area (Å²) < 4.78 is 5.72. The average molecular weight is 274 g/mol. The number of fused-ring (bicyclic) bond motifs is 1. The fourth-order valence-electron chi connectivity index (χ4n) is 3.38. The highest BCUT2D eigenvalue weighted by atomic mass is 16.5. The van der Waals surface area contributed by atoms with E-state index in [1.165, 1.54) is 11.1 Å². The van der Waals surface area contributed by atoms with Crippen LogP contribution in [0.15, 0.2) is 24.3 Å². The number of aryl methyl sites for hydroxylation is 1. The second-order valence-electron chi connectivity index (χ2n) is 5.76. The minimum atomic E-state index is -0.304. The highest BCUT2D eigenvalue weighted by Gasteiger charge is 2.36. The highest BCUT2D eigenvalue weighted by molar-refractivity contribution is 5.81. The first-order valence-electron chi connectivity index (χ1n) is 7.40. The lowest BCUT2D eigenvalue weighted by Gasteiger charge is -2.28. The lowest BCUT2D eigenvalue weighted by atomic mass is 10.1. The molecular weight excluding hydrogens is 252 g/mol. The number of rotatable bonds is 3. The van der Waals surface area contributed by atoms with Gasteiger partial charge in [0.1, 0.15) is 6.10 Å². The Balaban J connectivity index is 1.71. The fraction of sp³-hybridized carbons (Fsp3) is 0.562. The van der Waals surface area contributed by atoms with Crippen LogP contribution in [0.3, 0.4) is 0 Å². The molecule has 2 aliphatic rings. The van der Waals surface area contributed by atoms with Crippen LogP contribution < -0.4 is 5.73 Å². The monoisotopic (exact) mass is 274 g/mol. The van der Waals surface area contributed by atoms with Crippen molar-refractivity contribution in [2.24, 2.45) is 5.73 Å². The van der Waals surface area contributed by atoms with Crippen molar-refractivity contribution < 1.29 is 9.53 Å². The van der Waals surface area contributed by atoms with Gasteiger partial charge in [0.05, 0.1) is 12.1 Å². The summed E-state index contributed by atoms with van der Waals surface area (Å²) in [6.45, 7) is 0.500. The van der Waals surface area contributed by atoms with E-state index in [1.807, 2.05) is 18.0 Å². The molecular formula is C16H22N2O2. The van der Waals surface area contributed by atoms with Gasteiger partial charge >= 0.3 is 0 Å².